The largest absolute Gasteiger partial charge is 0.277 e. The van der Waals surface area contributed by atoms with Crippen LogP contribution in [-0.4, -0.2) is 14.4 Å². The van der Waals surface area contributed by atoms with E-state index in [1.807, 2.05) is 0 Å². The number of hydrogen-bond acceptors (Lipinski definition) is 2. The molecule has 0 unspecified atom stereocenters. The first kappa shape index (κ1) is 11.3. The molecule has 0 aliphatic heterocycles. The third kappa shape index (κ3) is 1.69. The molecule has 3 rings (SSSR count). The molecule has 0 aliphatic carbocycles. The molecule has 1 aromatic carbocycles. The second-order valence-electron chi connectivity index (χ2n) is 3.67. The lowest BCUT2D eigenvalue weighted by Gasteiger charge is -2.00. The van der Waals surface area contributed by atoms with Crippen LogP contribution in [0.5, 0.6) is 0 Å². The summed E-state index contributed by atoms with van der Waals surface area (Å²) in [7, 11) is 0. The van der Waals surface area contributed by atoms with Gasteiger partial charge in [-0.1, -0.05) is 0 Å². The van der Waals surface area contributed by atoms with E-state index in [-0.39, 0.29) is 5.56 Å². The number of aromatic nitrogens is 3. The molecule has 3 aromatic rings. The summed E-state index contributed by atoms with van der Waals surface area (Å²) in [6.45, 7) is 0. The van der Waals surface area contributed by atoms with Gasteiger partial charge in [-0.2, -0.15) is 0 Å². The summed E-state index contributed by atoms with van der Waals surface area (Å²) in [6, 6.07) is 5.13. The molecule has 0 atom stereocenters. The van der Waals surface area contributed by atoms with Gasteiger partial charge in [-0.3, -0.25) is 4.40 Å². The highest BCUT2D eigenvalue weighted by molar-refractivity contribution is 9.10. The van der Waals surface area contributed by atoms with Gasteiger partial charge in [0.15, 0.2) is 0 Å². The van der Waals surface area contributed by atoms with Crippen LogP contribution in [0.2, 0.25) is 0 Å². The Morgan fingerprint density at radius 1 is 1.22 bits per heavy atom. The molecule has 2 aromatic heterocycles. The molecule has 0 fully saturated rings. The Hall–Kier alpha value is -1.82. The fourth-order valence-corrected chi connectivity index (χ4v) is 2.29. The van der Waals surface area contributed by atoms with Crippen LogP contribution >= 0.6 is 15.9 Å². The molecule has 2 heterocycles. The van der Waals surface area contributed by atoms with Gasteiger partial charge in [-0.15, -0.1) is 0 Å². The van der Waals surface area contributed by atoms with Crippen molar-refractivity contribution < 1.29 is 8.78 Å². The van der Waals surface area contributed by atoms with Gasteiger partial charge in [0, 0.05) is 24.0 Å². The molecule has 0 spiro atoms. The fraction of sp³-hybridized carbons (Fsp3) is 0. The maximum atomic E-state index is 13.7. The molecule has 0 radical (unpaired) electrons. The first-order valence-electron chi connectivity index (χ1n) is 5.11. The topological polar surface area (TPSA) is 30.2 Å². The van der Waals surface area contributed by atoms with Gasteiger partial charge in [-0.25, -0.2) is 18.7 Å². The van der Waals surface area contributed by atoms with Crippen molar-refractivity contribution in [1.82, 2.24) is 14.4 Å². The Kier molecular flexibility index (Phi) is 2.59. The normalized spacial score (nSPS) is 11.1. The third-order valence-corrected chi connectivity index (χ3v) is 3.29. The Morgan fingerprint density at radius 3 is 2.78 bits per heavy atom. The van der Waals surface area contributed by atoms with E-state index in [1.54, 1.807) is 22.9 Å². The van der Waals surface area contributed by atoms with Crippen molar-refractivity contribution in [2.45, 2.75) is 0 Å². The zero-order valence-electron chi connectivity index (χ0n) is 8.94. The summed E-state index contributed by atoms with van der Waals surface area (Å²) >= 11 is 3.34. The second kappa shape index (κ2) is 4.13. The molecule has 18 heavy (non-hydrogen) atoms. The molecule has 3 nitrogen and oxygen atoms in total. The maximum absolute atomic E-state index is 13.7. The van der Waals surface area contributed by atoms with Crippen molar-refractivity contribution in [1.29, 1.82) is 0 Å². The van der Waals surface area contributed by atoms with Crippen LogP contribution in [-0.2, 0) is 0 Å². The first-order valence-corrected chi connectivity index (χ1v) is 5.90. The van der Waals surface area contributed by atoms with E-state index in [9.17, 15) is 8.78 Å². The van der Waals surface area contributed by atoms with Crippen molar-refractivity contribution in [3.63, 3.8) is 0 Å². The summed E-state index contributed by atoms with van der Waals surface area (Å²) in [4.78, 5) is 8.28. The van der Waals surface area contributed by atoms with Crippen molar-refractivity contribution in [2.24, 2.45) is 0 Å². The molecule has 0 aliphatic rings. The monoisotopic (exact) mass is 309 g/mol. The number of halogens is 3. The Balaban J connectivity index is 2.28. The molecular weight excluding hydrogens is 304 g/mol. The molecule has 0 amide bonds. The lowest BCUT2D eigenvalue weighted by molar-refractivity contribution is 0.585. The second-order valence-corrected chi connectivity index (χ2v) is 4.42. The van der Waals surface area contributed by atoms with Gasteiger partial charge < -0.3 is 0 Å². The van der Waals surface area contributed by atoms with Crippen LogP contribution in [0.4, 0.5) is 8.78 Å². The van der Waals surface area contributed by atoms with Crippen molar-refractivity contribution in [2.75, 3.05) is 0 Å². The lowest BCUT2D eigenvalue weighted by Crippen LogP contribution is -1.87. The number of imidazole rings is 1. The average molecular weight is 310 g/mol. The first-order chi connectivity index (χ1) is 8.66. The van der Waals surface area contributed by atoms with Gasteiger partial charge in [0.25, 0.3) is 0 Å². The zero-order valence-corrected chi connectivity index (χ0v) is 10.5. The number of fused-ring (bicyclic) bond motifs is 1. The summed E-state index contributed by atoms with van der Waals surface area (Å²) in [5, 5.41) is 0. The van der Waals surface area contributed by atoms with Crippen LogP contribution < -0.4 is 0 Å². The van der Waals surface area contributed by atoms with E-state index in [0.717, 1.165) is 6.07 Å². The third-order valence-electron chi connectivity index (χ3n) is 2.53. The minimum Gasteiger partial charge on any atom is -0.277 e. The highest BCUT2D eigenvalue weighted by Gasteiger charge is 2.15. The van der Waals surface area contributed by atoms with Gasteiger partial charge in [-0.05, 0) is 34.1 Å². The minimum atomic E-state index is -0.654. The summed E-state index contributed by atoms with van der Waals surface area (Å²) < 4.78 is 28.9. The summed E-state index contributed by atoms with van der Waals surface area (Å²) in [5.41, 5.74) is 0.625. The number of hydrogen-bond donors (Lipinski definition) is 0. The Labute approximate surface area is 109 Å². The standard InChI is InChI=1S/C12H6BrF2N3/c13-11-10(8-3-2-7(14)6-9(8)15)17-12-16-4-1-5-18(11)12/h1-6H. The van der Waals surface area contributed by atoms with Gasteiger partial charge in [0.2, 0.25) is 5.78 Å². The van der Waals surface area contributed by atoms with Crippen LogP contribution in [0, 0.1) is 11.6 Å². The number of rotatable bonds is 1. The van der Waals surface area contributed by atoms with E-state index >= 15 is 0 Å². The van der Waals surface area contributed by atoms with Crippen molar-refractivity contribution in [3.8, 4) is 11.3 Å². The molecule has 90 valence electrons. The van der Waals surface area contributed by atoms with Gasteiger partial charge >= 0.3 is 0 Å². The summed E-state index contributed by atoms with van der Waals surface area (Å²) in [6.07, 6.45) is 3.35. The fourth-order valence-electron chi connectivity index (χ4n) is 1.71. The van der Waals surface area contributed by atoms with Crippen molar-refractivity contribution in [3.05, 3.63) is 52.9 Å². The molecule has 0 N–H and O–H groups in total. The molecule has 0 saturated heterocycles. The van der Waals surface area contributed by atoms with E-state index in [1.165, 1.54) is 12.1 Å². The predicted octanol–water partition coefficient (Wildman–Crippen LogP) is 3.44. The van der Waals surface area contributed by atoms with E-state index in [4.69, 9.17) is 0 Å². The molecule has 0 bridgehead atoms. The van der Waals surface area contributed by atoms with E-state index in [0.29, 0.717) is 16.1 Å². The summed E-state index contributed by atoms with van der Waals surface area (Å²) in [5.74, 6) is -0.823. The molecule has 0 saturated carbocycles. The van der Waals surface area contributed by atoms with E-state index < -0.39 is 11.6 Å². The van der Waals surface area contributed by atoms with Gasteiger partial charge in [0.1, 0.15) is 21.9 Å². The molecule has 6 heteroatoms. The zero-order chi connectivity index (χ0) is 12.7. The Bertz CT molecular complexity index is 739. The Morgan fingerprint density at radius 2 is 2.06 bits per heavy atom. The molecular formula is C12H6BrF2N3. The highest BCUT2D eigenvalue weighted by atomic mass is 79.9. The number of nitrogens with zero attached hydrogens (tertiary/aromatic N) is 3. The predicted molar refractivity (Wildman–Crippen MR) is 66.0 cm³/mol. The maximum Gasteiger partial charge on any atom is 0.235 e. The SMILES string of the molecule is Fc1ccc(-c2nc3ncccn3c2Br)c(F)c1. The van der Waals surface area contributed by atoms with E-state index in [2.05, 4.69) is 25.9 Å². The van der Waals surface area contributed by atoms with Crippen LogP contribution in [0.25, 0.3) is 17.0 Å². The van der Waals surface area contributed by atoms with Crippen LogP contribution in [0.15, 0.2) is 41.3 Å². The minimum absolute atomic E-state index is 0.230. The lowest BCUT2D eigenvalue weighted by atomic mass is 10.1. The van der Waals surface area contributed by atoms with Gasteiger partial charge in [0.05, 0.1) is 0 Å². The van der Waals surface area contributed by atoms with Crippen molar-refractivity contribution >= 4 is 21.7 Å². The number of benzene rings is 1. The van der Waals surface area contributed by atoms with Crippen LogP contribution in [0.1, 0.15) is 0 Å². The quantitative estimate of drug-likeness (QED) is 0.689. The van der Waals surface area contributed by atoms with Crippen LogP contribution in [0.3, 0.4) is 0 Å². The highest BCUT2D eigenvalue weighted by Crippen LogP contribution is 2.30. The smallest absolute Gasteiger partial charge is 0.235 e. The average Bonchev–Trinajstić information content (AvgIpc) is 2.68.